The molecule has 2 saturated heterocycles. The maximum Gasteiger partial charge on any atom is 0.219 e. The number of rotatable bonds is 4. The van der Waals surface area contributed by atoms with Crippen molar-refractivity contribution in [3.63, 3.8) is 0 Å². The van der Waals surface area contributed by atoms with Crippen LogP contribution in [0.5, 0.6) is 11.6 Å². The number of pyridine rings is 2. The van der Waals surface area contributed by atoms with Crippen molar-refractivity contribution >= 4 is 27.4 Å². The molecule has 2 aromatic heterocycles. The van der Waals surface area contributed by atoms with E-state index < -0.39 is 17.7 Å². The van der Waals surface area contributed by atoms with Gasteiger partial charge in [0.1, 0.15) is 29.2 Å². The van der Waals surface area contributed by atoms with Crippen LogP contribution in [0.4, 0.5) is 14.6 Å². The number of benzene rings is 2. The molecule has 204 valence electrons. The average molecular weight is 543 g/mol. The van der Waals surface area contributed by atoms with Crippen molar-refractivity contribution in [3.8, 4) is 35.2 Å². The molecule has 0 amide bonds. The molecule has 3 fully saturated rings. The van der Waals surface area contributed by atoms with Crippen LogP contribution in [-0.4, -0.2) is 57.6 Å². The number of nitrogens with one attached hydrogen (secondary N) is 1. The molecule has 0 spiro atoms. The number of ether oxygens (including phenoxy) is 1. The number of hydrogen-bond acceptors (Lipinski definition) is 7. The molecule has 2 atom stereocenters. The fourth-order valence-corrected chi connectivity index (χ4v) is 6.43. The molecule has 2 aromatic carbocycles. The van der Waals surface area contributed by atoms with Crippen LogP contribution in [0.1, 0.15) is 36.8 Å². The fraction of sp³-hybridized carbons (Fsp3) is 0.355. The standard InChI is InChI=1S/C31H28F2N4O3/c1-3-22-25(32)7-4-16-8-19(38)11-23(27(16)22)29-28(33)26-15(2)31(40-21-9-20(39)10-21)36-30(24(26)12-34-29)37-13-17-5-6-18(14-37)35-17/h1,4,7-8,11-12,17-18,20-21,35,38-39H,5-6,9-10,13-14H2,2H3. The number of aromatic nitrogens is 2. The van der Waals surface area contributed by atoms with Gasteiger partial charge in [0.25, 0.3) is 0 Å². The Kier molecular flexibility index (Phi) is 5.81. The summed E-state index contributed by atoms with van der Waals surface area (Å²) in [7, 11) is 0. The van der Waals surface area contributed by atoms with E-state index in [1.807, 2.05) is 0 Å². The molecule has 3 aliphatic rings. The fourth-order valence-electron chi connectivity index (χ4n) is 6.43. The number of phenols is 1. The van der Waals surface area contributed by atoms with Gasteiger partial charge in [-0.25, -0.2) is 8.78 Å². The molecule has 1 aliphatic carbocycles. The monoisotopic (exact) mass is 542 g/mol. The molecule has 9 heteroatoms. The predicted molar refractivity (Wildman–Crippen MR) is 149 cm³/mol. The molecule has 1 saturated carbocycles. The summed E-state index contributed by atoms with van der Waals surface area (Å²) in [5, 5.41) is 25.5. The highest BCUT2D eigenvalue weighted by Gasteiger charge is 2.35. The van der Waals surface area contributed by atoms with Crippen molar-refractivity contribution in [3.05, 3.63) is 53.2 Å². The lowest BCUT2D eigenvalue weighted by Gasteiger charge is -2.36. The predicted octanol–water partition coefficient (Wildman–Crippen LogP) is 4.57. The summed E-state index contributed by atoms with van der Waals surface area (Å²) in [6.45, 7) is 3.22. The van der Waals surface area contributed by atoms with Gasteiger partial charge >= 0.3 is 0 Å². The first kappa shape index (κ1) is 25.0. The number of phenolic OH excluding ortho intramolecular Hbond substituents is 1. The summed E-state index contributed by atoms with van der Waals surface area (Å²) in [5.41, 5.74) is 0.627. The lowest BCUT2D eigenvalue weighted by molar-refractivity contribution is -0.0130. The number of anilines is 1. The number of hydrogen-bond donors (Lipinski definition) is 3. The number of piperazine rings is 1. The van der Waals surface area contributed by atoms with E-state index in [9.17, 15) is 14.6 Å². The lowest BCUT2D eigenvalue weighted by Crippen LogP contribution is -2.51. The molecule has 7 rings (SSSR count). The van der Waals surface area contributed by atoms with Crippen LogP contribution in [0.15, 0.2) is 30.5 Å². The third kappa shape index (κ3) is 3.94. The van der Waals surface area contributed by atoms with Gasteiger partial charge in [-0.3, -0.25) is 4.98 Å². The Labute approximate surface area is 229 Å². The van der Waals surface area contributed by atoms with E-state index in [1.165, 1.54) is 24.3 Å². The first-order valence-corrected chi connectivity index (χ1v) is 13.6. The van der Waals surface area contributed by atoms with E-state index in [1.54, 1.807) is 13.1 Å². The molecule has 2 unspecified atom stereocenters. The van der Waals surface area contributed by atoms with Crippen molar-refractivity contribution in [1.82, 2.24) is 15.3 Å². The SMILES string of the molecule is C#Cc1c(F)ccc2cc(O)cc(-c3ncc4c(N5CC6CCC(C5)N6)nc(OC5CC(O)C5)c(C)c4c3F)c12. The molecule has 0 radical (unpaired) electrons. The summed E-state index contributed by atoms with van der Waals surface area (Å²) < 4.78 is 37.7. The molecule has 3 N–H and O–H groups in total. The van der Waals surface area contributed by atoms with E-state index in [2.05, 4.69) is 21.1 Å². The summed E-state index contributed by atoms with van der Waals surface area (Å²) >= 11 is 0. The largest absolute Gasteiger partial charge is 0.508 e. The minimum absolute atomic E-state index is 0.0233. The van der Waals surface area contributed by atoms with Gasteiger partial charge in [0.05, 0.1) is 11.7 Å². The molecule has 4 aromatic rings. The number of fused-ring (bicyclic) bond motifs is 4. The van der Waals surface area contributed by atoms with Crippen molar-refractivity contribution < 1.29 is 23.7 Å². The number of aromatic hydroxyl groups is 1. The van der Waals surface area contributed by atoms with Gasteiger partial charge in [-0.05, 0) is 43.4 Å². The highest BCUT2D eigenvalue weighted by atomic mass is 19.1. The van der Waals surface area contributed by atoms with E-state index in [-0.39, 0.29) is 28.7 Å². The first-order chi connectivity index (χ1) is 19.3. The molecule has 4 heterocycles. The first-order valence-electron chi connectivity index (χ1n) is 13.6. The summed E-state index contributed by atoms with van der Waals surface area (Å²) in [4.78, 5) is 11.6. The van der Waals surface area contributed by atoms with Gasteiger partial charge in [0.2, 0.25) is 5.88 Å². The van der Waals surface area contributed by atoms with Gasteiger partial charge in [-0.2, -0.15) is 4.98 Å². The second kappa shape index (κ2) is 9.29. The smallest absolute Gasteiger partial charge is 0.219 e. The number of nitrogens with zero attached hydrogens (tertiary/aromatic N) is 3. The van der Waals surface area contributed by atoms with Crippen LogP contribution in [0, 0.1) is 30.9 Å². The quantitative estimate of drug-likeness (QED) is 0.326. The van der Waals surface area contributed by atoms with Gasteiger partial charge in [-0.1, -0.05) is 12.0 Å². The molecule has 40 heavy (non-hydrogen) atoms. The number of aliphatic hydroxyl groups excluding tert-OH is 1. The average Bonchev–Trinajstić information content (AvgIpc) is 3.26. The zero-order chi connectivity index (χ0) is 27.7. The van der Waals surface area contributed by atoms with Crippen LogP contribution < -0.4 is 15.0 Å². The Morgan fingerprint density at radius 1 is 1.12 bits per heavy atom. The minimum Gasteiger partial charge on any atom is -0.508 e. The molecular weight excluding hydrogens is 514 g/mol. The van der Waals surface area contributed by atoms with Crippen molar-refractivity contribution in [2.75, 3.05) is 18.0 Å². The van der Waals surface area contributed by atoms with E-state index in [0.29, 0.717) is 63.7 Å². The highest BCUT2D eigenvalue weighted by molar-refractivity contribution is 6.04. The highest BCUT2D eigenvalue weighted by Crippen LogP contribution is 2.42. The topological polar surface area (TPSA) is 90.7 Å². The normalized spacial score (nSPS) is 23.8. The van der Waals surface area contributed by atoms with Gasteiger partial charge < -0.3 is 25.2 Å². The zero-order valence-corrected chi connectivity index (χ0v) is 21.9. The van der Waals surface area contributed by atoms with Gasteiger partial charge in [0, 0.05) is 71.5 Å². The Hall–Kier alpha value is -4.00. The van der Waals surface area contributed by atoms with Crippen LogP contribution in [0.25, 0.3) is 32.8 Å². The van der Waals surface area contributed by atoms with Crippen molar-refractivity contribution in [2.45, 2.75) is 56.9 Å². The van der Waals surface area contributed by atoms with Crippen molar-refractivity contribution in [1.29, 1.82) is 0 Å². The van der Waals surface area contributed by atoms with Crippen LogP contribution in [-0.2, 0) is 0 Å². The van der Waals surface area contributed by atoms with E-state index in [4.69, 9.17) is 16.1 Å². The van der Waals surface area contributed by atoms with E-state index in [0.717, 1.165) is 25.9 Å². The van der Waals surface area contributed by atoms with Crippen LogP contribution in [0.2, 0.25) is 0 Å². The maximum atomic E-state index is 16.8. The summed E-state index contributed by atoms with van der Waals surface area (Å²) in [6, 6.07) is 6.21. The molecular formula is C31H28F2N4O3. The lowest BCUT2D eigenvalue weighted by atomic mass is 9.92. The van der Waals surface area contributed by atoms with E-state index >= 15 is 4.39 Å². The number of halogens is 2. The number of aliphatic hydroxyl groups is 1. The van der Waals surface area contributed by atoms with Crippen molar-refractivity contribution in [2.24, 2.45) is 0 Å². The summed E-state index contributed by atoms with van der Waals surface area (Å²) in [5.74, 6) is 1.94. The maximum absolute atomic E-state index is 16.8. The van der Waals surface area contributed by atoms with Gasteiger partial charge in [0.15, 0.2) is 5.82 Å². The van der Waals surface area contributed by atoms with Gasteiger partial charge in [-0.15, -0.1) is 6.42 Å². The Morgan fingerprint density at radius 2 is 1.88 bits per heavy atom. The third-order valence-corrected chi connectivity index (χ3v) is 8.48. The Balaban J connectivity index is 1.46. The Morgan fingerprint density at radius 3 is 2.58 bits per heavy atom. The molecule has 7 nitrogen and oxygen atoms in total. The minimum atomic E-state index is -0.630. The molecule has 2 bridgehead atoms. The zero-order valence-electron chi connectivity index (χ0n) is 21.9. The number of terminal acetylenes is 1. The second-order valence-electron chi connectivity index (χ2n) is 11.1. The summed E-state index contributed by atoms with van der Waals surface area (Å²) in [6.07, 6.45) is 9.77. The Bertz CT molecular complexity index is 1720. The second-order valence-corrected chi connectivity index (χ2v) is 11.1. The van der Waals surface area contributed by atoms with Crippen LogP contribution >= 0.6 is 0 Å². The van der Waals surface area contributed by atoms with Crippen LogP contribution in [0.3, 0.4) is 0 Å². The number of aryl methyl sites for hydroxylation is 1. The molecule has 2 aliphatic heterocycles. The third-order valence-electron chi connectivity index (χ3n) is 8.48.